The summed E-state index contributed by atoms with van der Waals surface area (Å²) in [6.45, 7) is 8.00. The van der Waals surface area contributed by atoms with Crippen LogP contribution in [-0.2, 0) is 6.54 Å². The molecule has 1 aromatic carbocycles. The Balaban J connectivity index is 2.16. The molecule has 3 nitrogen and oxygen atoms in total. The van der Waals surface area contributed by atoms with Gasteiger partial charge in [0, 0.05) is 12.7 Å². The van der Waals surface area contributed by atoms with Crippen molar-refractivity contribution in [2.45, 2.75) is 27.3 Å². The molecular formula is C16H20N2O. The van der Waals surface area contributed by atoms with Crippen LogP contribution in [0.15, 0.2) is 36.7 Å². The van der Waals surface area contributed by atoms with Crippen molar-refractivity contribution in [3.05, 3.63) is 53.3 Å². The maximum atomic E-state index is 5.92. The predicted molar refractivity (Wildman–Crippen MR) is 77.6 cm³/mol. The molecule has 1 N–H and O–H groups in total. The molecule has 100 valence electrons. The summed E-state index contributed by atoms with van der Waals surface area (Å²) < 4.78 is 5.92. The first-order valence-electron chi connectivity index (χ1n) is 6.59. The van der Waals surface area contributed by atoms with Crippen molar-refractivity contribution in [1.29, 1.82) is 0 Å². The first-order chi connectivity index (χ1) is 9.20. The third kappa shape index (κ3) is 3.55. The van der Waals surface area contributed by atoms with Crippen molar-refractivity contribution in [3.63, 3.8) is 0 Å². The smallest absolute Gasteiger partial charge is 0.146 e. The van der Waals surface area contributed by atoms with Crippen LogP contribution in [0.25, 0.3) is 0 Å². The lowest BCUT2D eigenvalue weighted by Gasteiger charge is -2.11. The largest absolute Gasteiger partial charge is 0.455 e. The van der Waals surface area contributed by atoms with Gasteiger partial charge in [-0.15, -0.1) is 0 Å². The maximum absolute atomic E-state index is 5.92. The lowest BCUT2D eigenvalue weighted by atomic mass is 10.1. The van der Waals surface area contributed by atoms with Crippen molar-refractivity contribution in [2.75, 3.05) is 6.54 Å². The molecule has 0 aliphatic rings. The highest BCUT2D eigenvalue weighted by molar-refractivity contribution is 5.41. The van der Waals surface area contributed by atoms with Gasteiger partial charge in [0.15, 0.2) is 0 Å². The summed E-state index contributed by atoms with van der Waals surface area (Å²) in [6, 6.07) is 8.10. The molecule has 0 amide bonds. The minimum Gasteiger partial charge on any atom is -0.455 e. The van der Waals surface area contributed by atoms with Crippen molar-refractivity contribution >= 4 is 0 Å². The van der Waals surface area contributed by atoms with E-state index in [9.17, 15) is 0 Å². The predicted octanol–water partition coefficient (Wildman–Crippen LogP) is 3.60. The zero-order valence-electron chi connectivity index (χ0n) is 11.7. The summed E-state index contributed by atoms with van der Waals surface area (Å²) in [4.78, 5) is 4.22. The van der Waals surface area contributed by atoms with Gasteiger partial charge in [-0.1, -0.05) is 19.1 Å². The highest BCUT2D eigenvalue weighted by Gasteiger charge is 2.04. The van der Waals surface area contributed by atoms with Crippen LogP contribution in [0.3, 0.4) is 0 Å². The molecule has 19 heavy (non-hydrogen) atoms. The molecule has 0 bridgehead atoms. The average molecular weight is 256 g/mol. The summed E-state index contributed by atoms with van der Waals surface area (Å²) >= 11 is 0. The Bertz CT molecular complexity index is 552. The van der Waals surface area contributed by atoms with E-state index in [1.165, 1.54) is 11.1 Å². The van der Waals surface area contributed by atoms with E-state index in [2.05, 4.69) is 37.1 Å². The molecule has 0 unspecified atom stereocenters. The number of hydrogen-bond acceptors (Lipinski definition) is 3. The van der Waals surface area contributed by atoms with E-state index >= 15 is 0 Å². The standard InChI is InChI=1S/C16H20N2O/c1-4-17-9-14-8-15(11-18-10-14)19-16-7-5-6-12(2)13(16)3/h5-8,10-11,17H,4,9H2,1-3H3. The molecule has 0 atom stereocenters. The molecular weight excluding hydrogens is 236 g/mol. The van der Waals surface area contributed by atoms with Crippen molar-refractivity contribution in [2.24, 2.45) is 0 Å². The van der Waals surface area contributed by atoms with Crippen LogP contribution in [0, 0.1) is 13.8 Å². The summed E-state index contributed by atoms with van der Waals surface area (Å²) in [5.41, 5.74) is 3.53. The number of aromatic nitrogens is 1. The van der Waals surface area contributed by atoms with Gasteiger partial charge in [-0.25, -0.2) is 0 Å². The highest BCUT2D eigenvalue weighted by Crippen LogP contribution is 2.26. The van der Waals surface area contributed by atoms with Gasteiger partial charge in [-0.2, -0.15) is 0 Å². The molecule has 1 heterocycles. The van der Waals surface area contributed by atoms with Crippen molar-refractivity contribution < 1.29 is 4.74 Å². The molecule has 2 rings (SSSR count). The average Bonchev–Trinajstić information content (AvgIpc) is 2.42. The molecule has 0 aliphatic carbocycles. The third-order valence-corrected chi connectivity index (χ3v) is 3.13. The van der Waals surface area contributed by atoms with Crippen LogP contribution in [0.4, 0.5) is 0 Å². The number of ether oxygens (including phenoxy) is 1. The fraction of sp³-hybridized carbons (Fsp3) is 0.312. The van der Waals surface area contributed by atoms with Gasteiger partial charge in [0.05, 0.1) is 6.20 Å². The minimum atomic E-state index is 0.782. The second kappa shape index (κ2) is 6.34. The molecule has 0 fully saturated rings. The number of hydrogen-bond donors (Lipinski definition) is 1. The molecule has 3 heteroatoms. The number of nitrogens with one attached hydrogen (secondary N) is 1. The first-order valence-corrected chi connectivity index (χ1v) is 6.59. The van der Waals surface area contributed by atoms with Crippen LogP contribution in [-0.4, -0.2) is 11.5 Å². The summed E-state index contributed by atoms with van der Waals surface area (Å²) in [6.07, 6.45) is 3.61. The second-order valence-electron chi connectivity index (χ2n) is 4.61. The van der Waals surface area contributed by atoms with Gasteiger partial charge in [0.2, 0.25) is 0 Å². The molecule has 0 aliphatic heterocycles. The van der Waals surface area contributed by atoms with Crippen LogP contribution >= 0.6 is 0 Å². The number of aryl methyl sites for hydroxylation is 1. The van der Waals surface area contributed by atoms with Crippen LogP contribution in [0.5, 0.6) is 11.5 Å². The van der Waals surface area contributed by atoms with Gasteiger partial charge in [-0.3, -0.25) is 4.98 Å². The van der Waals surface area contributed by atoms with E-state index in [1.807, 2.05) is 24.4 Å². The lowest BCUT2D eigenvalue weighted by Crippen LogP contribution is -2.11. The van der Waals surface area contributed by atoms with Crippen molar-refractivity contribution in [3.8, 4) is 11.5 Å². The van der Waals surface area contributed by atoms with E-state index in [0.717, 1.165) is 30.2 Å². The number of nitrogens with zero attached hydrogens (tertiary/aromatic N) is 1. The Morgan fingerprint density at radius 3 is 2.84 bits per heavy atom. The molecule has 0 spiro atoms. The first kappa shape index (κ1) is 13.6. The Hall–Kier alpha value is -1.87. The number of pyridine rings is 1. The molecule has 1 aromatic heterocycles. The summed E-state index contributed by atoms with van der Waals surface area (Å²) in [5.74, 6) is 1.67. The fourth-order valence-corrected chi connectivity index (χ4v) is 1.85. The van der Waals surface area contributed by atoms with E-state index in [0.29, 0.717) is 0 Å². The Morgan fingerprint density at radius 1 is 1.21 bits per heavy atom. The number of benzene rings is 1. The molecule has 0 radical (unpaired) electrons. The van der Waals surface area contributed by atoms with E-state index in [1.54, 1.807) is 6.20 Å². The number of rotatable bonds is 5. The van der Waals surface area contributed by atoms with Gasteiger partial charge in [-0.05, 0) is 49.2 Å². The normalized spacial score (nSPS) is 10.5. The monoisotopic (exact) mass is 256 g/mol. The Kier molecular flexibility index (Phi) is 4.53. The lowest BCUT2D eigenvalue weighted by molar-refractivity contribution is 0.475. The third-order valence-electron chi connectivity index (χ3n) is 3.13. The fourth-order valence-electron chi connectivity index (χ4n) is 1.85. The SMILES string of the molecule is CCNCc1cncc(Oc2cccc(C)c2C)c1. The second-order valence-corrected chi connectivity index (χ2v) is 4.61. The van der Waals surface area contributed by atoms with Gasteiger partial charge in [0.25, 0.3) is 0 Å². The topological polar surface area (TPSA) is 34.2 Å². The van der Waals surface area contributed by atoms with E-state index in [4.69, 9.17) is 4.74 Å². The Morgan fingerprint density at radius 2 is 2.05 bits per heavy atom. The van der Waals surface area contributed by atoms with E-state index in [-0.39, 0.29) is 0 Å². The summed E-state index contributed by atoms with van der Waals surface area (Å²) in [7, 11) is 0. The van der Waals surface area contributed by atoms with E-state index < -0.39 is 0 Å². The molecule has 2 aromatic rings. The van der Waals surface area contributed by atoms with Crippen LogP contribution in [0.2, 0.25) is 0 Å². The van der Waals surface area contributed by atoms with Gasteiger partial charge in [0.1, 0.15) is 11.5 Å². The summed E-state index contributed by atoms with van der Waals surface area (Å²) in [5, 5.41) is 3.28. The molecule has 0 saturated carbocycles. The molecule has 0 saturated heterocycles. The maximum Gasteiger partial charge on any atom is 0.146 e. The quantitative estimate of drug-likeness (QED) is 0.887. The van der Waals surface area contributed by atoms with Crippen LogP contribution in [0.1, 0.15) is 23.6 Å². The highest BCUT2D eigenvalue weighted by atomic mass is 16.5. The van der Waals surface area contributed by atoms with Gasteiger partial charge < -0.3 is 10.1 Å². The van der Waals surface area contributed by atoms with Crippen LogP contribution < -0.4 is 10.1 Å². The zero-order chi connectivity index (χ0) is 13.7. The van der Waals surface area contributed by atoms with Gasteiger partial charge >= 0.3 is 0 Å². The van der Waals surface area contributed by atoms with Crippen molar-refractivity contribution in [1.82, 2.24) is 10.3 Å². The Labute approximate surface area is 114 Å². The zero-order valence-corrected chi connectivity index (χ0v) is 11.7. The minimum absolute atomic E-state index is 0.782.